The third-order valence-corrected chi connectivity index (χ3v) is 5.97. The monoisotopic (exact) mass is 411 g/mol. The summed E-state index contributed by atoms with van der Waals surface area (Å²) in [7, 11) is 1.17. The maximum absolute atomic E-state index is 12.8. The Morgan fingerprint density at radius 1 is 0.967 bits per heavy atom. The number of carbonyl (C=O) groups excluding carboxylic acids is 4. The van der Waals surface area contributed by atoms with Gasteiger partial charge in [-0.1, -0.05) is 25.3 Å². The van der Waals surface area contributed by atoms with Crippen LogP contribution in [-0.2, 0) is 29.3 Å². The zero-order valence-electron chi connectivity index (χ0n) is 17.1. The SMILES string of the molecule is C=C(NC(=O)C12CCC(c3ccc(NC(C)=O)cc3)(C1)C2)C(=O)NC(=C)C(=O)OC. The number of rotatable bonds is 7. The molecule has 0 unspecified atom stereocenters. The first-order valence-corrected chi connectivity index (χ1v) is 9.58. The van der Waals surface area contributed by atoms with Crippen molar-refractivity contribution in [2.45, 2.75) is 38.0 Å². The van der Waals surface area contributed by atoms with E-state index in [2.05, 4.69) is 33.8 Å². The molecule has 3 N–H and O–H groups in total. The largest absolute Gasteiger partial charge is 0.464 e. The number of hydrogen-bond donors (Lipinski definition) is 3. The molecule has 0 aromatic heterocycles. The molecule has 0 spiro atoms. The predicted molar refractivity (Wildman–Crippen MR) is 110 cm³/mol. The second kappa shape index (κ2) is 7.78. The quantitative estimate of drug-likeness (QED) is 0.468. The van der Waals surface area contributed by atoms with Crippen LogP contribution in [0.3, 0.4) is 0 Å². The van der Waals surface area contributed by atoms with Gasteiger partial charge >= 0.3 is 5.97 Å². The Labute approximate surface area is 174 Å². The van der Waals surface area contributed by atoms with Crippen molar-refractivity contribution in [3.63, 3.8) is 0 Å². The van der Waals surface area contributed by atoms with Gasteiger partial charge in [-0.2, -0.15) is 0 Å². The normalized spacial score (nSPS) is 23.5. The van der Waals surface area contributed by atoms with E-state index in [0.29, 0.717) is 12.8 Å². The van der Waals surface area contributed by atoms with Gasteiger partial charge in [0, 0.05) is 12.6 Å². The molecule has 8 heteroatoms. The Morgan fingerprint density at radius 2 is 1.60 bits per heavy atom. The van der Waals surface area contributed by atoms with Crippen LogP contribution >= 0.6 is 0 Å². The van der Waals surface area contributed by atoms with Crippen molar-refractivity contribution in [3.8, 4) is 0 Å². The van der Waals surface area contributed by atoms with Gasteiger partial charge < -0.3 is 20.7 Å². The number of nitrogens with one attached hydrogen (secondary N) is 3. The molecule has 0 aliphatic heterocycles. The summed E-state index contributed by atoms with van der Waals surface area (Å²) in [5.41, 5.74) is 0.905. The molecule has 0 atom stereocenters. The number of esters is 1. The number of amides is 3. The van der Waals surface area contributed by atoms with Gasteiger partial charge in [0.1, 0.15) is 5.70 Å². The van der Waals surface area contributed by atoms with Gasteiger partial charge in [-0.05, 0) is 48.8 Å². The summed E-state index contributed by atoms with van der Waals surface area (Å²) in [6.45, 7) is 8.46. The van der Waals surface area contributed by atoms with Crippen molar-refractivity contribution in [2.24, 2.45) is 5.41 Å². The van der Waals surface area contributed by atoms with E-state index < -0.39 is 17.3 Å². The zero-order valence-corrected chi connectivity index (χ0v) is 17.1. The molecule has 0 heterocycles. The molecule has 3 saturated carbocycles. The van der Waals surface area contributed by atoms with Crippen molar-refractivity contribution in [1.82, 2.24) is 10.6 Å². The minimum Gasteiger partial charge on any atom is -0.464 e. The van der Waals surface area contributed by atoms with Crippen LogP contribution in [0.15, 0.2) is 48.8 Å². The van der Waals surface area contributed by atoms with E-state index in [-0.39, 0.29) is 28.6 Å². The standard InChI is InChI=1S/C22H25N3O5/c1-13(18(27)23-14(2)19(28)30-4)24-20(29)22-10-9-21(11-22,12-22)16-5-7-17(8-6-16)25-15(3)26/h5-8H,1-2,9-12H2,3-4H3,(H,23,27)(H,24,29)(H,25,26). The molecule has 3 amide bonds. The van der Waals surface area contributed by atoms with Crippen molar-refractivity contribution in [3.05, 3.63) is 54.4 Å². The Kier molecular flexibility index (Phi) is 5.52. The fraction of sp³-hybridized carbons (Fsp3) is 0.364. The number of hydrogen-bond acceptors (Lipinski definition) is 5. The van der Waals surface area contributed by atoms with Crippen LogP contribution in [0, 0.1) is 5.41 Å². The molecule has 3 aliphatic carbocycles. The summed E-state index contributed by atoms with van der Waals surface area (Å²) >= 11 is 0. The van der Waals surface area contributed by atoms with Crippen LogP contribution in [0.4, 0.5) is 5.69 Å². The van der Waals surface area contributed by atoms with Gasteiger partial charge in [0.2, 0.25) is 11.8 Å². The molecule has 2 bridgehead atoms. The molecule has 4 rings (SSSR count). The van der Waals surface area contributed by atoms with Crippen molar-refractivity contribution < 1.29 is 23.9 Å². The highest BCUT2D eigenvalue weighted by Crippen LogP contribution is 2.67. The van der Waals surface area contributed by atoms with Crippen LogP contribution in [0.5, 0.6) is 0 Å². The Hall–Kier alpha value is -3.42. The van der Waals surface area contributed by atoms with E-state index in [1.165, 1.54) is 14.0 Å². The highest BCUT2D eigenvalue weighted by atomic mass is 16.5. The first-order valence-electron chi connectivity index (χ1n) is 9.58. The molecule has 3 fully saturated rings. The van der Waals surface area contributed by atoms with E-state index >= 15 is 0 Å². The topological polar surface area (TPSA) is 114 Å². The lowest BCUT2D eigenvalue weighted by molar-refractivity contribution is -0.137. The van der Waals surface area contributed by atoms with Crippen LogP contribution < -0.4 is 16.0 Å². The summed E-state index contributed by atoms with van der Waals surface area (Å²) in [5, 5.41) is 7.57. The minimum absolute atomic E-state index is 0.0607. The van der Waals surface area contributed by atoms with Gasteiger partial charge in [0.15, 0.2) is 0 Å². The Morgan fingerprint density at radius 3 is 2.17 bits per heavy atom. The average Bonchev–Trinajstić information content (AvgIpc) is 3.25. The lowest BCUT2D eigenvalue weighted by atomic mass is 9.57. The van der Waals surface area contributed by atoms with Gasteiger partial charge in [-0.15, -0.1) is 0 Å². The predicted octanol–water partition coefficient (Wildman–Crippen LogP) is 1.89. The van der Waals surface area contributed by atoms with Crippen LogP contribution in [-0.4, -0.2) is 30.8 Å². The second-order valence-corrected chi connectivity index (χ2v) is 8.03. The molecule has 1 aromatic rings. The van der Waals surface area contributed by atoms with Crippen molar-refractivity contribution in [2.75, 3.05) is 12.4 Å². The lowest BCUT2D eigenvalue weighted by Gasteiger charge is -2.46. The summed E-state index contributed by atoms with van der Waals surface area (Å²) in [5.74, 6) is -1.85. The smallest absolute Gasteiger partial charge is 0.353 e. The van der Waals surface area contributed by atoms with E-state index in [0.717, 1.165) is 24.1 Å². The summed E-state index contributed by atoms with van der Waals surface area (Å²) in [4.78, 5) is 47.4. The molecule has 0 radical (unpaired) electrons. The van der Waals surface area contributed by atoms with Gasteiger partial charge in [0.05, 0.1) is 18.2 Å². The molecular weight excluding hydrogens is 386 g/mol. The zero-order chi connectivity index (χ0) is 22.1. The summed E-state index contributed by atoms with van der Waals surface area (Å²) in [6, 6.07) is 7.71. The third kappa shape index (κ3) is 3.85. The van der Waals surface area contributed by atoms with Gasteiger partial charge in [-0.3, -0.25) is 14.4 Å². The molecule has 30 heavy (non-hydrogen) atoms. The molecule has 3 aliphatic rings. The van der Waals surface area contributed by atoms with Crippen LogP contribution in [0.2, 0.25) is 0 Å². The highest BCUT2D eigenvalue weighted by molar-refractivity contribution is 6.02. The first-order chi connectivity index (χ1) is 14.1. The number of methoxy groups -OCH3 is 1. The molecule has 0 saturated heterocycles. The maximum Gasteiger partial charge on any atom is 0.353 e. The third-order valence-electron chi connectivity index (χ3n) is 5.97. The minimum atomic E-state index is -0.773. The van der Waals surface area contributed by atoms with E-state index in [9.17, 15) is 19.2 Å². The lowest BCUT2D eigenvalue weighted by Crippen LogP contribution is -2.51. The fourth-order valence-corrected chi connectivity index (χ4v) is 4.52. The van der Waals surface area contributed by atoms with Gasteiger partial charge in [-0.25, -0.2) is 4.79 Å². The summed E-state index contributed by atoms with van der Waals surface area (Å²) < 4.78 is 4.47. The number of benzene rings is 1. The molecular formula is C22H25N3O5. The fourth-order valence-electron chi connectivity index (χ4n) is 4.52. The van der Waals surface area contributed by atoms with E-state index in [4.69, 9.17) is 0 Å². The van der Waals surface area contributed by atoms with Crippen LogP contribution in [0.25, 0.3) is 0 Å². The molecule has 8 nitrogen and oxygen atoms in total. The van der Waals surface area contributed by atoms with Crippen LogP contribution in [0.1, 0.15) is 38.2 Å². The molecule has 158 valence electrons. The second-order valence-electron chi connectivity index (χ2n) is 8.03. The maximum atomic E-state index is 12.8. The number of ether oxygens (including phenoxy) is 1. The average molecular weight is 411 g/mol. The van der Waals surface area contributed by atoms with E-state index in [1.54, 1.807) is 0 Å². The number of anilines is 1. The highest BCUT2D eigenvalue weighted by Gasteiger charge is 2.64. The van der Waals surface area contributed by atoms with Gasteiger partial charge in [0.25, 0.3) is 5.91 Å². The molecule has 1 aromatic carbocycles. The number of carbonyl (C=O) groups is 4. The summed E-state index contributed by atoms with van der Waals surface area (Å²) in [6.07, 6.45) is 2.97. The number of fused-ring (bicyclic) bond motifs is 1. The van der Waals surface area contributed by atoms with E-state index in [1.807, 2.05) is 24.3 Å². The first kappa shape index (κ1) is 21.3. The Bertz CT molecular complexity index is 942. The van der Waals surface area contributed by atoms with Crippen molar-refractivity contribution in [1.29, 1.82) is 0 Å². The van der Waals surface area contributed by atoms with Crippen molar-refractivity contribution >= 4 is 29.4 Å². The Balaban J connectivity index is 1.59.